The van der Waals surface area contributed by atoms with Crippen molar-refractivity contribution in [1.29, 1.82) is 0 Å². The van der Waals surface area contributed by atoms with Gasteiger partial charge in [0.2, 0.25) is 20.0 Å². The number of hydrogen-bond donors (Lipinski definition) is 2. The van der Waals surface area contributed by atoms with Gasteiger partial charge in [0.15, 0.2) is 0 Å². The maximum absolute atomic E-state index is 14.1. The highest BCUT2D eigenvalue weighted by Gasteiger charge is 2.32. The van der Waals surface area contributed by atoms with E-state index >= 15 is 0 Å². The van der Waals surface area contributed by atoms with E-state index in [4.69, 9.17) is 9.47 Å². The standard InChI is InChI=1S/C29H42FN3O8S2/c1-20-17-33(21(2)19-34)29(35)26-16-24(31-42(5,36)37)11-14-27(26)41-22(3)8-6-7-15-40-28(20)18-32(4)43(38,39)25-12-9-23(30)10-13-25/h9-14,16,20-22,28,31,34H,6-8,15,17-19H2,1-5H3/t20-,21+,22+,28+/m0/s1. The van der Waals surface area contributed by atoms with Crippen molar-refractivity contribution in [3.8, 4) is 5.75 Å². The second-order valence-corrected chi connectivity index (χ2v) is 14.9. The largest absolute Gasteiger partial charge is 0.490 e. The zero-order valence-corrected chi connectivity index (χ0v) is 26.8. The van der Waals surface area contributed by atoms with Crippen LogP contribution >= 0.6 is 0 Å². The molecule has 0 spiro atoms. The van der Waals surface area contributed by atoms with Crippen molar-refractivity contribution >= 4 is 31.6 Å². The Morgan fingerprint density at radius 2 is 1.79 bits per heavy atom. The van der Waals surface area contributed by atoms with Gasteiger partial charge in [-0.15, -0.1) is 0 Å². The summed E-state index contributed by atoms with van der Waals surface area (Å²) >= 11 is 0. The van der Waals surface area contributed by atoms with Gasteiger partial charge in [-0.05, 0) is 75.6 Å². The predicted octanol–water partition coefficient (Wildman–Crippen LogP) is 3.31. The van der Waals surface area contributed by atoms with Gasteiger partial charge in [0.05, 0.1) is 41.6 Å². The van der Waals surface area contributed by atoms with E-state index in [0.29, 0.717) is 19.4 Å². The number of benzene rings is 2. The number of nitrogens with zero attached hydrogens (tertiary/aromatic N) is 2. The molecule has 0 fully saturated rings. The van der Waals surface area contributed by atoms with Crippen LogP contribution in [0.15, 0.2) is 47.4 Å². The molecule has 4 atom stereocenters. The summed E-state index contributed by atoms with van der Waals surface area (Å²) in [7, 11) is -6.16. The lowest BCUT2D eigenvalue weighted by molar-refractivity contribution is -0.00833. The molecular formula is C29H42FN3O8S2. The van der Waals surface area contributed by atoms with Crippen molar-refractivity contribution in [2.75, 3.05) is 44.3 Å². The molecule has 43 heavy (non-hydrogen) atoms. The molecule has 2 N–H and O–H groups in total. The van der Waals surface area contributed by atoms with Crippen LogP contribution in [-0.2, 0) is 24.8 Å². The number of aliphatic hydroxyl groups is 1. The van der Waals surface area contributed by atoms with Gasteiger partial charge in [-0.3, -0.25) is 9.52 Å². The molecule has 14 heteroatoms. The number of rotatable bonds is 8. The summed E-state index contributed by atoms with van der Waals surface area (Å²) in [6.07, 6.45) is 2.19. The van der Waals surface area contributed by atoms with E-state index in [1.165, 1.54) is 36.2 Å². The summed E-state index contributed by atoms with van der Waals surface area (Å²) in [5, 5.41) is 10.1. The van der Waals surface area contributed by atoms with Gasteiger partial charge in [0, 0.05) is 38.3 Å². The lowest BCUT2D eigenvalue weighted by Gasteiger charge is -2.35. The third kappa shape index (κ3) is 9.60. The normalized spacial score (nSPS) is 21.9. The molecule has 0 saturated carbocycles. The van der Waals surface area contributed by atoms with Gasteiger partial charge in [-0.25, -0.2) is 21.2 Å². The number of fused-ring (bicyclic) bond motifs is 1. The van der Waals surface area contributed by atoms with Crippen molar-refractivity contribution in [3.05, 3.63) is 53.8 Å². The lowest BCUT2D eigenvalue weighted by Crippen LogP contribution is -2.48. The van der Waals surface area contributed by atoms with Crippen molar-refractivity contribution in [3.63, 3.8) is 0 Å². The molecule has 3 rings (SSSR count). The Balaban J connectivity index is 1.98. The molecule has 0 unspecified atom stereocenters. The number of ether oxygens (including phenoxy) is 2. The molecule has 0 aromatic heterocycles. The van der Waals surface area contributed by atoms with Crippen LogP contribution in [0.1, 0.15) is 50.4 Å². The number of anilines is 1. The van der Waals surface area contributed by atoms with Crippen molar-refractivity contribution in [2.45, 2.75) is 63.2 Å². The van der Waals surface area contributed by atoms with Crippen LogP contribution < -0.4 is 9.46 Å². The molecular weight excluding hydrogens is 601 g/mol. The first-order valence-corrected chi connectivity index (χ1v) is 17.5. The first-order valence-electron chi connectivity index (χ1n) is 14.2. The number of likely N-dealkylation sites (N-methyl/N-ethyl adjacent to an activating group) is 1. The van der Waals surface area contributed by atoms with E-state index in [2.05, 4.69) is 4.72 Å². The van der Waals surface area contributed by atoms with E-state index in [1.54, 1.807) is 13.0 Å². The second kappa shape index (κ2) is 14.8. The minimum atomic E-state index is -3.96. The summed E-state index contributed by atoms with van der Waals surface area (Å²) < 4.78 is 79.6. The molecule has 1 amide bonds. The van der Waals surface area contributed by atoms with Crippen molar-refractivity contribution in [1.82, 2.24) is 9.21 Å². The van der Waals surface area contributed by atoms with Gasteiger partial charge in [0.1, 0.15) is 11.6 Å². The van der Waals surface area contributed by atoms with Gasteiger partial charge >= 0.3 is 0 Å². The summed E-state index contributed by atoms with van der Waals surface area (Å²) in [5.41, 5.74) is 0.309. The highest BCUT2D eigenvalue weighted by molar-refractivity contribution is 7.92. The summed E-state index contributed by atoms with van der Waals surface area (Å²) in [4.78, 5) is 15.5. The van der Waals surface area contributed by atoms with E-state index in [1.807, 2.05) is 13.8 Å². The fraction of sp³-hybridized carbons (Fsp3) is 0.552. The van der Waals surface area contributed by atoms with Crippen LogP contribution in [0.4, 0.5) is 10.1 Å². The average molecular weight is 644 g/mol. The zero-order chi connectivity index (χ0) is 31.9. The minimum absolute atomic E-state index is 0.0328. The monoisotopic (exact) mass is 643 g/mol. The Hall–Kier alpha value is -2.78. The number of halogens is 1. The number of carbonyl (C=O) groups excluding carboxylic acids is 1. The third-order valence-electron chi connectivity index (χ3n) is 7.31. The Bertz CT molecular complexity index is 1450. The first kappa shape index (κ1) is 34.7. The molecule has 1 aliphatic rings. The molecule has 2 aromatic carbocycles. The molecule has 1 aliphatic heterocycles. The Morgan fingerprint density at radius 3 is 2.42 bits per heavy atom. The highest BCUT2D eigenvalue weighted by atomic mass is 32.2. The smallest absolute Gasteiger partial charge is 0.258 e. The van der Waals surface area contributed by atoms with Crippen LogP contribution in [0.25, 0.3) is 0 Å². The van der Waals surface area contributed by atoms with Crippen LogP contribution in [0.3, 0.4) is 0 Å². The Morgan fingerprint density at radius 1 is 1.12 bits per heavy atom. The highest BCUT2D eigenvalue weighted by Crippen LogP contribution is 2.29. The minimum Gasteiger partial charge on any atom is -0.490 e. The van der Waals surface area contributed by atoms with E-state index in [-0.39, 0.29) is 47.7 Å². The van der Waals surface area contributed by atoms with E-state index in [0.717, 1.165) is 29.1 Å². The molecule has 0 bridgehead atoms. The summed E-state index contributed by atoms with van der Waals surface area (Å²) in [5.74, 6) is -1.15. The fourth-order valence-corrected chi connectivity index (χ4v) is 6.54. The number of nitrogens with one attached hydrogen (secondary N) is 1. The Labute approximate surface area is 254 Å². The van der Waals surface area contributed by atoms with Crippen LogP contribution in [-0.4, -0.2) is 94.9 Å². The summed E-state index contributed by atoms with van der Waals surface area (Å²) in [6.45, 7) is 5.45. The number of aliphatic hydroxyl groups excluding tert-OH is 1. The van der Waals surface area contributed by atoms with Crippen LogP contribution in [0.2, 0.25) is 0 Å². The molecule has 2 aromatic rings. The molecule has 0 aliphatic carbocycles. The molecule has 0 saturated heterocycles. The van der Waals surface area contributed by atoms with E-state index < -0.39 is 49.8 Å². The zero-order valence-electron chi connectivity index (χ0n) is 25.2. The van der Waals surface area contributed by atoms with Gasteiger partial charge in [0.25, 0.3) is 5.91 Å². The number of sulfonamides is 2. The Kier molecular flexibility index (Phi) is 11.9. The van der Waals surface area contributed by atoms with Crippen LogP contribution in [0.5, 0.6) is 5.75 Å². The summed E-state index contributed by atoms with van der Waals surface area (Å²) in [6, 6.07) is 8.42. The molecule has 1 heterocycles. The third-order valence-corrected chi connectivity index (χ3v) is 9.76. The average Bonchev–Trinajstić information content (AvgIpc) is 2.93. The van der Waals surface area contributed by atoms with Gasteiger partial charge in [-0.1, -0.05) is 6.92 Å². The fourth-order valence-electron chi connectivity index (χ4n) is 4.80. The number of carbonyl (C=O) groups is 1. The molecule has 240 valence electrons. The topological polar surface area (TPSA) is 143 Å². The molecule has 0 radical (unpaired) electrons. The maximum Gasteiger partial charge on any atom is 0.258 e. The van der Waals surface area contributed by atoms with Crippen molar-refractivity contribution in [2.24, 2.45) is 5.92 Å². The lowest BCUT2D eigenvalue weighted by atomic mass is 10.0. The van der Waals surface area contributed by atoms with Gasteiger partial charge in [-0.2, -0.15) is 4.31 Å². The molecule has 11 nitrogen and oxygen atoms in total. The number of amides is 1. The number of hydrogen-bond acceptors (Lipinski definition) is 8. The van der Waals surface area contributed by atoms with Crippen LogP contribution in [0, 0.1) is 11.7 Å². The quantitative estimate of drug-likeness (QED) is 0.446. The maximum atomic E-state index is 14.1. The van der Waals surface area contributed by atoms with Gasteiger partial charge < -0.3 is 19.5 Å². The van der Waals surface area contributed by atoms with E-state index in [9.17, 15) is 31.1 Å². The predicted molar refractivity (Wildman–Crippen MR) is 162 cm³/mol. The first-order chi connectivity index (χ1) is 20.1. The SMILES string of the molecule is C[C@@H]1CCCCO[C@H](CN(C)S(=O)(=O)c2ccc(F)cc2)[C@@H](C)CN([C@H](C)CO)C(=O)c2cc(NS(C)(=O)=O)ccc2O1. The second-order valence-electron chi connectivity index (χ2n) is 11.1. The van der Waals surface area contributed by atoms with Crippen molar-refractivity contribution < 1.29 is 40.6 Å².